The van der Waals surface area contributed by atoms with Crippen molar-refractivity contribution in [3.8, 4) is 5.75 Å². The summed E-state index contributed by atoms with van der Waals surface area (Å²) in [4.78, 5) is 12.8. The highest BCUT2D eigenvalue weighted by atomic mass is 35.5. The fraction of sp³-hybridized carbons (Fsp3) is 0.120. The molecule has 0 aliphatic rings. The zero-order valence-corrected chi connectivity index (χ0v) is 18.9. The number of amides is 1. The highest BCUT2D eigenvalue weighted by Crippen LogP contribution is 2.19. The Morgan fingerprint density at radius 1 is 0.938 bits per heavy atom. The standard InChI is InChI=1S/C25H21Cl2N3O2/c1-17-12-24(29-30(17)15-18-8-10-21(26)11-9-18)28-25(31)20-5-2-4-19(13-20)16-32-23-7-3-6-22(27)14-23/h2-14H,15-16H2,1H3,(H,28,29,31). The number of aromatic nitrogens is 2. The summed E-state index contributed by atoms with van der Waals surface area (Å²) in [5, 5.41) is 8.69. The van der Waals surface area contributed by atoms with E-state index < -0.39 is 0 Å². The first kappa shape index (κ1) is 21.9. The highest BCUT2D eigenvalue weighted by molar-refractivity contribution is 6.30. The van der Waals surface area contributed by atoms with Crippen molar-refractivity contribution in [2.75, 3.05) is 5.32 Å². The van der Waals surface area contributed by atoms with E-state index in [1.807, 2.05) is 66.2 Å². The lowest BCUT2D eigenvalue weighted by Gasteiger charge is -2.08. The van der Waals surface area contributed by atoms with Crippen LogP contribution in [0.1, 0.15) is 27.2 Å². The molecule has 5 nitrogen and oxygen atoms in total. The molecule has 32 heavy (non-hydrogen) atoms. The van der Waals surface area contributed by atoms with Gasteiger partial charge in [-0.25, -0.2) is 0 Å². The van der Waals surface area contributed by atoms with Gasteiger partial charge in [0.1, 0.15) is 12.4 Å². The first-order valence-corrected chi connectivity index (χ1v) is 10.8. The number of carbonyl (C=O) groups excluding carboxylic acids is 1. The van der Waals surface area contributed by atoms with Crippen LogP contribution in [0.15, 0.2) is 78.9 Å². The lowest BCUT2D eigenvalue weighted by molar-refractivity contribution is 0.102. The van der Waals surface area contributed by atoms with Gasteiger partial charge in [-0.2, -0.15) is 5.10 Å². The monoisotopic (exact) mass is 465 g/mol. The van der Waals surface area contributed by atoms with Crippen LogP contribution in [-0.4, -0.2) is 15.7 Å². The molecule has 0 saturated carbocycles. The SMILES string of the molecule is Cc1cc(NC(=O)c2cccc(COc3cccc(Cl)c3)c2)nn1Cc1ccc(Cl)cc1. The van der Waals surface area contributed by atoms with Crippen LogP contribution in [0, 0.1) is 6.92 Å². The summed E-state index contributed by atoms with van der Waals surface area (Å²) in [5.74, 6) is 0.946. The predicted molar refractivity (Wildman–Crippen MR) is 128 cm³/mol. The summed E-state index contributed by atoms with van der Waals surface area (Å²) < 4.78 is 7.61. The van der Waals surface area contributed by atoms with Crippen molar-refractivity contribution in [3.63, 3.8) is 0 Å². The summed E-state index contributed by atoms with van der Waals surface area (Å²) in [5.41, 5.74) is 3.42. The lowest BCUT2D eigenvalue weighted by Crippen LogP contribution is -2.13. The van der Waals surface area contributed by atoms with Gasteiger partial charge in [-0.1, -0.05) is 53.5 Å². The maximum atomic E-state index is 12.8. The van der Waals surface area contributed by atoms with E-state index >= 15 is 0 Å². The Morgan fingerprint density at radius 3 is 2.50 bits per heavy atom. The van der Waals surface area contributed by atoms with E-state index in [0.717, 1.165) is 16.8 Å². The topological polar surface area (TPSA) is 56.1 Å². The van der Waals surface area contributed by atoms with Crippen LogP contribution in [0.5, 0.6) is 5.75 Å². The van der Waals surface area contributed by atoms with E-state index in [2.05, 4.69) is 10.4 Å². The highest BCUT2D eigenvalue weighted by Gasteiger charge is 2.11. The van der Waals surface area contributed by atoms with Crippen LogP contribution in [0.25, 0.3) is 0 Å². The number of ether oxygens (including phenoxy) is 1. The fourth-order valence-electron chi connectivity index (χ4n) is 3.21. The van der Waals surface area contributed by atoms with Crippen LogP contribution in [0.2, 0.25) is 10.0 Å². The Labute approximate surface area is 196 Å². The minimum atomic E-state index is -0.231. The molecule has 0 atom stereocenters. The van der Waals surface area contributed by atoms with Gasteiger partial charge < -0.3 is 10.1 Å². The maximum Gasteiger partial charge on any atom is 0.256 e. The smallest absolute Gasteiger partial charge is 0.256 e. The van der Waals surface area contributed by atoms with Crippen molar-refractivity contribution in [2.45, 2.75) is 20.1 Å². The van der Waals surface area contributed by atoms with Crippen molar-refractivity contribution in [3.05, 3.63) is 111 Å². The molecule has 4 rings (SSSR count). The van der Waals surface area contributed by atoms with Crippen LogP contribution < -0.4 is 10.1 Å². The normalized spacial score (nSPS) is 10.7. The molecule has 0 spiro atoms. The number of hydrogen-bond acceptors (Lipinski definition) is 3. The molecule has 162 valence electrons. The van der Waals surface area contributed by atoms with Crippen molar-refractivity contribution in [2.24, 2.45) is 0 Å². The van der Waals surface area contributed by atoms with E-state index in [1.165, 1.54) is 0 Å². The summed E-state index contributed by atoms with van der Waals surface area (Å²) in [6.07, 6.45) is 0. The average Bonchev–Trinajstić information content (AvgIpc) is 3.12. The lowest BCUT2D eigenvalue weighted by atomic mass is 10.1. The first-order valence-electron chi connectivity index (χ1n) is 10.0. The van der Waals surface area contributed by atoms with Gasteiger partial charge >= 0.3 is 0 Å². The van der Waals surface area contributed by atoms with Gasteiger partial charge in [-0.3, -0.25) is 9.48 Å². The van der Waals surface area contributed by atoms with Crippen molar-refractivity contribution < 1.29 is 9.53 Å². The van der Waals surface area contributed by atoms with Gasteiger partial charge in [0, 0.05) is 27.4 Å². The first-order chi connectivity index (χ1) is 15.5. The molecule has 4 aromatic rings. The Morgan fingerprint density at radius 2 is 1.72 bits per heavy atom. The van der Waals surface area contributed by atoms with Crippen molar-refractivity contribution in [1.29, 1.82) is 0 Å². The quantitative estimate of drug-likeness (QED) is 0.344. The van der Waals surface area contributed by atoms with Gasteiger partial charge in [-0.05, 0) is 60.5 Å². The summed E-state index contributed by atoms with van der Waals surface area (Å²) in [7, 11) is 0. The van der Waals surface area contributed by atoms with Gasteiger partial charge in [0.05, 0.1) is 6.54 Å². The second-order valence-corrected chi connectivity index (χ2v) is 8.23. The predicted octanol–water partition coefficient (Wildman–Crippen LogP) is 6.38. The van der Waals surface area contributed by atoms with Gasteiger partial charge in [0.15, 0.2) is 5.82 Å². The summed E-state index contributed by atoms with van der Waals surface area (Å²) in [6, 6.07) is 24.0. The number of nitrogens with zero attached hydrogens (tertiary/aromatic N) is 2. The minimum absolute atomic E-state index is 0.231. The van der Waals surface area contributed by atoms with Gasteiger partial charge in [0.25, 0.3) is 5.91 Å². The number of anilines is 1. The molecule has 0 bridgehead atoms. The molecule has 0 unspecified atom stereocenters. The van der Waals surface area contributed by atoms with E-state index in [1.54, 1.807) is 24.3 Å². The molecule has 0 aliphatic heterocycles. The number of aryl methyl sites for hydroxylation is 1. The Balaban J connectivity index is 1.40. The van der Waals surface area contributed by atoms with Crippen LogP contribution in [-0.2, 0) is 13.2 Å². The van der Waals surface area contributed by atoms with E-state index in [9.17, 15) is 4.79 Å². The van der Waals surface area contributed by atoms with Gasteiger partial charge in [-0.15, -0.1) is 0 Å². The summed E-state index contributed by atoms with van der Waals surface area (Å²) >= 11 is 11.9. The second-order valence-electron chi connectivity index (χ2n) is 7.36. The third-order valence-electron chi connectivity index (χ3n) is 4.86. The average molecular weight is 466 g/mol. The van der Waals surface area contributed by atoms with E-state index in [-0.39, 0.29) is 5.91 Å². The molecule has 3 aromatic carbocycles. The largest absolute Gasteiger partial charge is 0.489 e. The minimum Gasteiger partial charge on any atom is -0.489 e. The number of carbonyl (C=O) groups is 1. The molecule has 0 radical (unpaired) electrons. The molecule has 1 aromatic heterocycles. The van der Waals surface area contributed by atoms with Crippen LogP contribution >= 0.6 is 23.2 Å². The molecule has 1 amide bonds. The molecule has 0 aliphatic carbocycles. The number of hydrogen-bond donors (Lipinski definition) is 1. The van der Waals surface area contributed by atoms with Crippen LogP contribution in [0.4, 0.5) is 5.82 Å². The Bertz CT molecular complexity index is 1240. The molecular formula is C25H21Cl2N3O2. The van der Waals surface area contributed by atoms with Gasteiger partial charge in [0.2, 0.25) is 0 Å². The van der Waals surface area contributed by atoms with Crippen LogP contribution in [0.3, 0.4) is 0 Å². The Hall–Kier alpha value is -3.28. The molecule has 1 heterocycles. The fourth-order valence-corrected chi connectivity index (χ4v) is 3.51. The number of nitrogens with one attached hydrogen (secondary N) is 1. The number of halogens is 2. The second kappa shape index (κ2) is 9.90. The third-order valence-corrected chi connectivity index (χ3v) is 5.35. The van der Waals surface area contributed by atoms with E-state index in [4.69, 9.17) is 27.9 Å². The molecule has 0 saturated heterocycles. The Kier molecular flexibility index (Phi) is 6.78. The zero-order valence-electron chi connectivity index (χ0n) is 17.4. The number of benzene rings is 3. The zero-order chi connectivity index (χ0) is 22.5. The molecule has 1 N–H and O–H groups in total. The third kappa shape index (κ3) is 5.69. The summed E-state index contributed by atoms with van der Waals surface area (Å²) in [6.45, 7) is 2.87. The maximum absolute atomic E-state index is 12.8. The van der Waals surface area contributed by atoms with E-state index in [0.29, 0.717) is 40.3 Å². The number of rotatable bonds is 7. The molecule has 0 fully saturated rings. The molecular weight excluding hydrogens is 445 g/mol. The van der Waals surface area contributed by atoms with Crippen molar-refractivity contribution in [1.82, 2.24) is 9.78 Å². The van der Waals surface area contributed by atoms with Crippen molar-refractivity contribution >= 4 is 34.9 Å². The molecule has 7 heteroatoms.